The first-order valence-corrected chi connectivity index (χ1v) is 8.03. The lowest BCUT2D eigenvalue weighted by Crippen LogP contribution is -2.34. The van der Waals surface area contributed by atoms with Crippen molar-refractivity contribution in [2.24, 2.45) is 0 Å². The summed E-state index contributed by atoms with van der Waals surface area (Å²) in [6.07, 6.45) is 0.852. The predicted octanol–water partition coefficient (Wildman–Crippen LogP) is 3.54. The first kappa shape index (κ1) is 16.1. The van der Waals surface area contributed by atoms with Crippen LogP contribution in [-0.2, 0) is 17.8 Å². The molecule has 5 nitrogen and oxygen atoms in total. The Morgan fingerprint density at radius 1 is 0.958 bits per heavy atom. The van der Waals surface area contributed by atoms with Crippen LogP contribution in [-0.4, -0.2) is 23.4 Å². The minimum absolute atomic E-state index is 0.0797. The summed E-state index contributed by atoms with van der Waals surface area (Å²) < 4.78 is 0. The number of fused-ring (bicyclic) bond motifs is 1. The number of carbonyl (C=O) groups is 2. The lowest BCUT2D eigenvalue weighted by molar-refractivity contribution is -0.129. The molecule has 1 aliphatic rings. The van der Waals surface area contributed by atoms with Crippen molar-refractivity contribution in [1.82, 2.24) is 4.90 Å². The molecule has 5 heteroatoms. The highest BCUT2D eigenvalue weighted by Crippen LogP contribution is 2.23. The van der Waals surface area contributed by atoms with Gasteiger partial charge in [0, 0.05) is 31.4 Å². The summed E-state index contributed by atoms with van der Waals surface area (Å²) >= 11 is 0. The summed E-state index contributed by atoms with van der Waals surface area (Å²) in [4.78, 5) is 25.5. The number of hydrogen-bond donors (Lipinski definition) is 2. The van der Waals surface area contributed by atoms with Crippen molar-refractivity contribution in [3.63, 3.8) is 0 Å². The Kier molecular flexibility index (Phi) is 4.51. The highest BCUT2D eigenvalue weighted by atomic mass is 16.2. The van der Waals surface area contributed by atoms with Crippen molar-refractivity contribution in [3.8, 4) is 0 Å². The van der Waals surface area contributed by atoms with E-state index in [0.29, 0.717) is 6.54 Å². The molecule has 2 aromatic rings. The van der Waals surface area contributed by atoms with Gasteiger partial charge in [0.1, 0.15) is 0 Å². The second-order valence-corrected chi connectivity index (χ2v) is 6.12. The van der Waals surface area contributed by atoms with E-state index in [-0.39, 0.29) is 11.9 Å². The molecule has 0 radical (unpaired) electrons. The summed E-state index contributed by atoms with van der Waals surface area (Å²) in [5.41, 5.74) is 4.94. The number of hydrogen-bond acceptors (Lipinski definition) is 2. The van der Waals surface area contributed by atoms with E-state index >= 15 is 0 Å². The highest BCUT2D eigenvalue weighted by molar-refractivity contribution is 5.99. The summed E-state index contributed by atoms with van der Waals surface area (Å²) in [5.74, 6) is 0.0797. The Bertz CT molecular complexity index is 769. The Morgan fingerprint density at radius 2 is 1.62 bits per heavy atom. The van der Waals surface area contributed by atoms with Gasteiger partial charge in [-0.05, 0) is 48.7 Å². The lowest BCUT2D eigenvalue weighted by Gasteiger charge is -2.28. The number of aryl methyl sites for hydroxylation is 1. The molecule has 0 aliphatic carbocycles. The van der Waals surface area contributed by atoms with Crippen LogP contribution in [0.2, 0.25) is 0 Å². The van der Waals surface area contributed by atoms with Gasteiger partial charge in [0.25, 0.3) is 0 Å². The predicted molar refractivity (Wildman–Crippen MR) is 95.1 cm³/mol. The lowest BCUT2D eigenvalue weighted by atomic mass is 9.99. The van der Waals surface area contributed by atoms with E-state index in [9.17, 15) is 9.59 Å². The number of carbonyl (C=O) groups excluding carboxylic acids is 2. The van der Waals surface area contributed by atoms with Crippen LogP contribution in [0.5, 0.6) is 0 Å². The molecule has 0 saturated carbocycles. The molecule has 1 aliphatic heterocycles. The molecule has 3 rings (SSSR count). The van der Waals surface area contributed by atoms with Gasteiger partial charge in [0.2, 0.25) is 5.91 Å². The third-order valence-corrected chi connectivity index (χ3v) is 4.23. The van der Waals surface area contributed by atoms with Gasteiger partial charge in [-0.1, -0.05) is 23.8 Å². The number of urea groups is 1. The average molecular weight is 323 g/mol. The normalized spacial score (nSPS) is 13.2. The Labute approximate surface area is 141 Å². The first-order chi connectivity index (χ1) is 11.5. The Morgan fingerprint density at radius 3 is 2.33 bits per heavy atom. The van der Waals surface area contributed by atoms with E-state index in [1.54, 1.807) is 6.92 Å². The second-order valence-electron chi connectivity index (χ2n) is 6.12. The fourth-order valence-electron chi connectivity index (χ4n) is 2.83. The zero-order chi connectivity index (χ0) is 17.1. The van der Waals surface area contributed by atoms with Gasteiger partial charge >= 0.3 is 6.03 Å². The molecule has 0 saturated heterocycles. The minimum atomic E-state index is -0.280. The standard InChI is InChI=1S/C19H21N3O2/c1-13-3-6-17(7-4-13)20-19(24)21-18-8-5-15-9-10-22(14(2)23)12-16(15)11-18/h3-8,11H,9-10,12H2,1-2H3,(H2,20,21,24). The first-order valence-electron chi connectivity index (χ1n) is 8.03. The van der Waals surface area contributed by atoms with Gasteiger partial charge < -0.3 is 15.5 Å². The van der Waals surface area contributed by atoms with E-state index < -0.39 is 0 Å². The van der Waals surface area contributed by atoms with E-state index in [2.05, 4.69) is 10.6 Å². The number of nitrogens with zero attached hydrogens (tertiary/aromatic N) is 1. The maximum Gasteiger partial charge on any atom is 0.323 e. The van der Waals surface area contributed by atoms with Gasteiger partial charge in [-0.3, -0.25) is 4.79 Å². The van der Waals surface area contributed by atoms with Crippen LogP contribution in [0.15, 0.2) is 42.5 Å². The van der Waals surface area contributed by atoms with Crippen LogP contribution < -0.4 is 10.6 Å². The quantitative estimate of drug-likeness (QED) is 0.888. The molecular formula is C19H21N3O2. The molecule has 0 atom stereocenters. The van der Waals surface area contributed by atoms with Crippen LogP contribution >= 0.6 is 0 Å². The molecule has 3 amide bonds. The monoisotopic (exact) mass is 323 g/mol. The van der Waals surface area contributed by atoms with Gasteiger partial charge in [-0.2, -0.15) is 0 Å². The molecule has 2 aromatic carbocycles. The average Bonchev–Trinajstić information content (AvgIpc) is 2.56. The molecule has 1 heterocycles. The zero-order valence-electron chi connectivity index (χ0n) is 13.9. The van der Waals surface area contributed by atoms with Crippen LogP contribution in [0, 0.1) is 6.92 Å². The van der Waals surface area contributed by atoms with Crippen molar-refractivity contribution >= 4 is 23.3 Å². The molecule has 0 fully saturated rings. The van der Waals surface area contributed by atoms with Crippen molar-refractivity contribution < 1.29 is 9.59 Å². The molecule has 0 bridgehead atoms. The maximum absolute atomic E-state index is 12.1. The van der Waals surface area contributed by atoms with E-state index in [1.165, 1.54) is 5.56 Å². The van der Waals surface area contributed by atoms with E-state index in [0.717, 1.165) is 35.5 Å². The van der Waals surface area contributed by atoms with Crippen LogP contribution in [0.3, 0.4) is 0 Å². The van der Waals surface area contributed by atoms with E-state index in [1.807, 2.05) is 54.3 Å². The molecule has 0 unspecified atom stereocenters. The van der Waals surface area contributed by atoms with Gasteiger partial charge in [0.05, 0.1) is 0 Å². The smallest absolute Gasteiger partial charge is 0.323 e. The number of anilines is 2. The highest BCUT2D eigenvalue weighted by Gasteiger charge is 2.18. The minimum Gasteiger partial charge on any atom is -0.338 e. The maximum atomic E-state index is 12.1. The fraction of sp³-hybridized carbons (Fsp3) is 0.263. The van der Waals surface area contributed by atoms with Crippen LogP contribution in [0.4, 0.5) is 16.2 Å². The Balaban J connectivity index is 1.67. The number of nitrogens with one attached hydrogen (secondary N) is 2. The summed E-state index contributed by atoms with van der Waals surface area (Å²) in [6, 6.07) is 13.2. The number of rotatable bonds is 2. The molecule has 124 valence electrons. The van der Waals surface area contributed by atoms with Crippen molar-refractivity contribution in [2.75, 3.05) is 17.2 Å². The molecular weight excluding hydrogens is 302 g/mol. The fourth-order valence-corrected chi connectivity index (χ4v) is 2.83. The second kappa shape index (κ2) is 6.74. The number of amides is 3. The van der Waals surface area contributed by atoms with Gasteiger partial charge in [-0.25, -0.2) is 4.79 Å². The summed E-state index contributed by atoms with van der Waals surface area (Å²) in [6.45, 7) is 4.94. The third-order valence-electron chi connectivity index (χ3n) is 4.23. The summed E-state index contributed by atoms with van der Waals surface area (Å²) in [5, 5.41) is 5.66. The topological polar surface area (TPSA) is 61.4 Å². The van der Waals surface area contributed by atoms with Crippen LogP contribution in [0.1, 0.15) is 23.6 Å². The Hall–Kier alpha value is -2.82. The molecule has 24 heavy (non-hydrogen) atoms. The summed E-state index contributed by atoms with van der Waals surface area (Å²) in [7, 11) is 0. The van der Waals surface area contributed by atoms with Crippen molar-refractivity contribution in [2.45, 2.75) is 26.8 Å². The molecule has 0 spiro atoms. The van der Waals surface area contributed by atoms with Gasteiger partial charge in [-0.15, -0.1) is 0 Å². The van der Waals surface area contributed by atoms with Gasteiger partial charge in [0.15, 0.2) is 0 Å². The van der Waals surface area contributed by atoms with Crippen LogP contribution in [0.25, 0.3) is 0 Å². The molecule has 2 N–H and O–H groups in total. The third kappa shape index (κ3) is 3.74. The van der Waals surface area contributed by atoms with Crippen molar-refractivity contribution in [1.29, 1.82) is 0 Å². The zero-order valence-corrected chi connectivity index (χ0v) is 13.9. The van der Waals surface area contributed by atoms with E-state index in [4.69, 9.17) is 0 Å². The SMILES string of the molecule is CC(=O)N1CCc2ccc(NC(=O)Nc3ccc(C)cc3)cc2C1. The number of benzene rings is 2. The molecule has 0 aromatic heterocycles. The largest absolute Gasteiger partial charge is 0.338 e. The van der Waals surface area contributed by atoms with Crippen molar-refractivity contribution in [3.05, 3.63) is 59.2 Å².